The highest BCUT2D eigenvalue weighted by Gasteiger charge is 2.07. The normalized spacial score (nSPS) is 10.2. The monoisotopic (exact) mass is 235 g/mol. The third-order valence-corrected chi connectivity index (χ3v) is 1.97. The maximum atomic E-state index is 5.39. The summed E-state index contributed by atoms with van der Waals surface area (Å²) in [5.74, 6) is 3.12. The SMILES string of the molecule is C#Cc1cc(NCC(OCC)OCC)ncn1. The van der Waals surface area contributed by atoms with E-state index in [2.05, 4.69) is 21.2 Å². The Morgan fingerprint density at radius 1 is 1.35 bits per heavy atom. The summed E-state index contributed by atoms with van der Waals surface area (Å²) in [5.41, 5.74) is 0.548. The van der Waals surface area contributed by atoms with Crippen LogP contribution in [0.2, 0.25) is 0 Å². The second-order valence-electron chi connectivity index (χ2n) is 3.15. The maximum Gasteiger partial charge on any atom is 0.174 e. The van der Waals surface area contributed by atoms with Gasteiger partial charge < -0.3 is 14.8 Å². The van der Waals surface area contributed by atoms with Gasteiger partial charge in [0.1, 0.15) is 17.8 Å². The van der Waals surface area contributed by atoms with E-state index in [4.69, 9.17) is 15.9 Å². The molecule has 17 heavy (non-hydrogen) atoms. The van der Waals surface area contributed by atoms with Crippen LogP contribution in [-0.4, -0.2) is 36.0 Å². The third-order valence-electron chi connectivity index (χ3n) is 1.97. The molecule has 1 N–H and O–H groups in total. The fourth-order valence-electron chi connectivity index (χ4n) is 1.26. The maximum absolute atomic E-state index is 5.39. The van der Waals surface area contributed by atoms with Gasteiger partial charge in [-0.2, -0.15) is 0 Å². The van der Waals surface area contributed by atoms with Crippen molar-refractivity contribution >= 4 is 5.82 Å². The van der Waals surface area contributed by atoms with Gasteiger partial charge in [-0.05, 0) is 13.8 Å². The van der Waals surface area contributed by atoms with Gasteiger partial charge in [-0.15, -0.1) is 6.42 Å². The Labute approximate surface area is 102 Å². The van der Waals surface area contributed by atoms with Crippen molar-refractivity contribution < 1.29 is 9.47 Å². The summed E-state index contributed by atoms with van der Waals surface area (Å²) in [6.07, 6.45) is 6.39. The van der Waals surface area contributed by atoms with Crippen molar-refractivity contribution in [1.82, 2.24) is 9.97 Å². The molecule has 5 heteroatoms. The van der Waals surface area contributed by atoms with E-state index < -0.39 is 0 Å². The fourth-order valence-corrected chi connectivity index (χ4v) is 1.26. The van der Waals surface area contributed by atoms with E-state index in [1.165, 1.54) is 6.33 Å². The number of hydrogen-bond acceptors (Lipinski definition) is 5. The number of ether oxygens (including phenoxy) is 2. The largest absolute Gasteiger partial charge is 0.365 e. The van der Waals surface area contributed by atoms with Gasteiger partial charge in [0.25, 0.3) is 0 Å². The fraction of sp³-hybridized carbons (Fsp3) is 0.500. The van der Waals surface area contributed by atoms with Crippen LogP contribution in [-0.2, 0) is 9.47 Å². The van der Waals surface area contributed by atoms with Crippen LogP contribution in [0.4, 0.5) is 5.82 Å². The number of anilines is 1. The first-order valence-electron chi connectivity index (χ1n) is 5.55. The van der Waals surface area contributed by atoms with Gasteiger partial charge in [0, 0.05) is 19.3 Å². The Hall–Kier alpha value is -1.64. The van der Waals surface area contributed by atoms with Gasteiger partial charge in [0.2, 0.25) is 0 Å². The predicted octanol–water partition coefficient (Wildman–Crippen LogP) is 1.27. The Balaban J connectivity index is 2.49. The van der Waals surface area contributed by atoms with Gasteiger partial charge in [0.15, 0.2) is 6.29 Å². The highest BCUT2D eigenvalue weighted by molar-refractivity contribution is 5.39. The van der Waals surface area contributed by atoms with Crippen molar-refractivity contribution in [2.24, 2.45) is 0 Å². The van der Waals surface area contributed by atoms with Crippen LogP contribution in [0.15, 0.2) is 12.4 Å². The second kappa shape index (κ2) is 7.60. The number of nitrogens with zero attached hydrogens (tertiary/aromatic N) is 2. The zero-order valence-corrected chi connectivity index (χ0v) is 10.1. The lowest BCUT2D eigenvalue weighted by atomic mass is 10.4. The zero-order chi connectivity index (χ0) is 12.5. The highest BCUT2D eigenvalue weighted by Crippen LogP contribution is 2.04. The predicted molar refractivity (Wildman–Crippen MR) is 65.5 cm³/mol. The standard InChI is InChI=1S/C12H17N3O2/c1-4-10-7-11(15-9-14-10)13-8-12(16-5-2)17-6-3/h1,7,9,12H,5-6,8H2,2-3H3,(H,13,14,15). The molecule has 0 radical (unpaired) electrons. The summed E-state index contributed by atoms with van der Waals surface area (Å²) in [6, 6.07) is 1.70. The lowest BCUT2D eigenvalue weighted by molar-refractivity contribution is -0.126. The van der Waals surface area contributed by atoms with Gasteiger partial charge >= 0.3 is 0 Å². The molecule has 5 nitrogen and oxygen atoms in total. The lowest BCUT2D eigenvalue weighted by Gasteiger charge is -2.17. The van der Waals surface area contributed by atoms with E-state index in [-0.39, 0.29) is 6.29 Å². The van der Waals surface area contributed by atoms with E-state index in [1.54, 1.807) is 6.07 Å². The van der Waals surface area contributed by atoms with Gasteiger partial charge in [-0.3, -0.25) is 0 Å². The number of nitrogens with one attached hydrogen (secondary N) is 1. The minimum absolute atomic E-state index is 0.283. The molecular formula is C12H17N3O2. The Morgan fingerprint density at radius 2 is 2.06 bits per heavy atom. The van der Waals surface area contributed by atoms with E-state index in [0.29, 0.717) is 31.3 Å². The van der Waals surface area contributed by atoms with E-state index >= 15 is 0 Å². The van der Waals surface area contributed by atoms with Crippen LogP contribution in [0.5, 0.6) is 0 Å². The van der Waals surface area contributed by atoms with Crippen LogP contribution < -0.4 is 5.32 Å². The number of rotatable bonds is 7. The van der Waals surface area contributed by atoms with Crippen LogP contribution >= 0.6 is 0 Å². The molecule has 0 unspecified atom stereocenters. The average Bonchev–Trinajstić information content (AvgIpc) is 2.37. The zero-order valence-electron chi connectivity index (χ0n) is 10.1. The molecule has 0 aliphatic rings. The first-order valence-corrected chi connectivity index (χ1v) is 5.55. The minimum Gasteiger partial charge on any atom is -0.365 e. The first-order chi connectivity index (χ1) is 8.30. The Morgan fingerprint density at radius 3 is 2.65 bits per heavy atom. The average molecular weight is 235 g/mol. The van der Waals surface area contributed by atoms with E-state index in [0.717, 1.165) is 0 Å². The molecule has 0 aliphatic heterocycles. The summed E-state index contributed by atoms with van der Waals surface area (Å²) in [4.78, 5) is 7.96. The molecule has 0 fully saturated rings. The summed E-state index contributed by atoms with van der Waals surface area (Å²) < 4.78 is 10.8. The topological polar surface area (TPSA) is 56.3 Å². The molecular weight excluding hydrogens is 218 g/mol. The molecule has 0 bridgehead atoms. The molecule has 92 valence electrons. The molecule has 0 spiro atoms. The van der Waals surface area contributed by atoms with Crippen LogP contribution in [0.25, 0.3) is 0 Å². The quantitative estimate of drug-likeness (QED) is 0.569. The van der Waals surface area contributed by atoms with Crippen molar-refractivity contribution in [2.75, 3.05) is 25.1 Å². The molecule has 0 atom stereocenters. The van der Waals surface area contributed by atoms with Crippen LogP contribution in [0, 0.1) is 12.3 Å². The number of aromatic nitrogens is 2. The number of hydrogen-bond donors (Lipinski definition) is 1. The minimum atomic E-state index is -0.283. The second-order valence-corrected chi connectivity index (χ2v) is 3.15. The van der Waals surface area contributed by atoms with Gasteiger partial charge in [-0.1, -0.05) is 5.92 Å². The van der Waals surface area contributed by atoms with E-state index in [9.17, 15) is 0 Å². The van der Waals surface area contributed by atoms with Crippen molar-refractivity contribution in [3.05, 3.63) is 18.1 Å². The molecule has 0 aromatic carbocycles. The molecule has 1 aromatic rings. The van der Waals surface area contributed by atoms with E-state index in [1.807, 2.05) is 13.8 Å². The first kappa shape index (κ1) is 13.4. The molecule has 0 saturated carbocycles. The Bertz CT molecular complexity index is 370. The molecule has 1 aromatic heterocycles. The van der Waals surface area contributed by atoms with Gasteiger partial charge in [0.05, 0.1) is 6.54 Å². The van der Waals surface area contributed by atoms with Crippen LogP contribution in [0.1, 0.15) is 19.5 Å². The number of terminal acetylenes is 1. The van der Waals surface area contributed by atoms with Crippen LogP contribution in [0.3, 0.4) is 0 Å². The smallest absolute Gasteiger partial charge is 0.174 e. The molecule has 0 amide bonds. The Kier molecular flexibility index (Phi) is 6.00. The van der Waals surface area contributed by atoms with Crippen molar-refractivity contribution in [3.63, 3.8) is 0 Å². The molecule has 1 rings (SSSR count). The summed E-state index contributed by atoms with van der Waals surface area (Å²) in [5, 5.41) is 3.09. The third kappa shape index (κ3) is 4.81. The van der Waals surface area contributed by atoms with Crippen molar-refractivity contribution in [1.29, 1.82) is 0 Å². The molecule has 0 aliphatic carbocycles. The lowest BCUT2D eigenvalue weighted by Crippen LogP contribution is -2.26. The van der Waals surface area contributed by atoms with Crippen molar-refractivity contribution in [2.45, 2.75) is 20.1 Å². The van der Waals surface area contributed by atoms with Crippen molar-refractivity contribution in [3.8, 4) is 12.3 Å². The summed E-state index contributed by atoms with van der Waals surface area (Å²) in [6.45, 7) is 5.57. The summed E-state index contributed by atoms with van der Waals surface area (Å²) in [7, 11) is 0. The van der Waals surface area contributed by atoms with Gasteiger partial charge in [-0.25, -0.2) is 9.97 Å². The molecule has 1 heterocycles. The highest BCUT2D eigenvalue weighted by atomic mass is 16.7. The summed E-state index contributed by atoms with van der Waals surface area (Å²) >= 11 is 0. The molecule has 0 saturated heterocycles.